The topological polar surface area (TPSA) is 60.9 Å². The lowest BCUT2D eigenvalue weighted by molar-refractivity contribution is 0.0678. The van der Waals surface area contributed by atoms with E-state index in [1.165, 1.54) is 16.9 Å². The minimum atomic E-state index is -0.0855. The number of methoxy groups -OCH3 is 2. The Labute approximate surface area is 193 Å². The van der Waals surface area contributed by atoms with Crippen molar-refractivity contribution in [2.45, 2.75) is 32.9 Å². The van der Waals surface area contributed by atoms with Gasteiger partial charge in [-0.15, -0.1) is 11.3 Å². The molecule has 170 valence electrons. The number of rotatable bonds is 11. The fourth-order valence-corrected chi connectivity index (χ4v) is 4.00. The van der Waals surface area contributed by atoms with Crippen molar-refractivity contribution in [3.63, 3.8) is 0 Å². The van der Waals surface area contributed by atoms with Crippen LogP contribution in [0.5, 0.6) is 11.5 Å². The first-order valence-electron chi connectivity index (χ1n) is 10.6. The molecule has 1 amide bonds. The van der Waals surface area contributed by atoms with Crippen LogP contribution in [-0.2, 0) is 17.9 Å². The smallest absolute Gasteiger partial charge is 0.254 e. The highest BCUT2D eigenvalue weighted by molar-refractivity contribution is 7.09. The minimum absolute atomic E-state index is 0.0855. The number of carbonyl (C=O) groups excluding carboxylic acids is 1. The van der Waals surface area contributed by atoms with E-state index in [4.69, 9.17) is 19.2 Å². The molecule has 1 heterocycles. The molecule has 2 aromatic carbocycles. The number of para-hydroxylation sites is 1. The van der Waals surface area contributed by atoms with Gasteiger partial charge in [0.2, 0.25) is 0 Å². The average Bonchev–Trinajstić information content (AvgIpc) is 3.27. The normalized spacial score (nSPS) is 10.9. The highest BCUT2D eigenvalue weighted by Crippen LogP contribution is 2.27. The second kappa shape index (κ2) is 11.6. The van der Waals surface area contributed by atoms with E-state index in [-0.39, 0.29) is 5.91 Å². The van der Waals surface area contributed by atoms with E-state index in [1.807, 2.05) is 35.7 Å². The monoisotopic (exact) mass is 454 g/mol. The van der Waals surface area contributed by atoms with Gasteiger partial charge in [-0.3, -0.25) is 4.79 Å². The van der Waals surface area contributed by atoms with Gasteiger partial charge >= 0.3 is 0 Å². The van der Waals surface area contributed by atoms with Gasteiger partial charge in [-0.25, -0.2) is 4.98 Å². The second-order valence-electron chi connectivity index (χ2n) is 7.67. The van der Waals surface area contributed by atoms with E-state index in [2.05, 4.69) is 19.9 Å². The molecule has 0 atom stereocenters. The van der Waals surface area contributed by atoms with E-state index < -0.39 is 0 Å². The molecule has 0 aliphatic rings. The van der Waals surface area contributed by atoms with Gasteiger partial charge in [0.25, 0.3) is 5.91 Å². The molecule has 0 N–H and O–H groups in total. The van der Waals surface area contributed by atoms with Crippen LogP contribution in [0.3, 0.4) is 0 Å². The van der Waals surface area contributed by atoms with Crippen LogP contribution >= 0.6 is 11.3 Å². The molecule has 0 radical (unpaired) electrons. The van der Waals surface area contributed by atoms with Crippen molar-refractivity contribution in [1.82, 2.24) is 9.88 Å². The molecule has 0 saturated carbocycles. The van der Waals surface area contributed by atoms with Crippen molar-refractivity contribution >= 4 is 17.2 Å². The number of hydrogen-bond donors (Lipinski definition) is 0. The Kier molecular flexibility index (Phi) is 8.64. The van der Waals surface area contributed by atoms with Crippen molar-refractivity contribution in [2.24, 2.45) is 0 Å². The Balaban J connectivity index is 1.68. The molecule has 6 nitrogen and oxygen atoms in total. The zero-order valence-electron chi connectivity index (χ0n) is 19.0. The summed E-state index contributed by atoms with van der Waals surface area (Å²) in [5.74, 6) is 1.83. The molecule has 0 saturated heterocycles. The first-order chi connectivity index (χ1) is 15.5. The van der Waals surface area contributed by atoms with E-state index in [9.17, 15) is 4.79 Å². The third kappa shape index (κ3) is 6.31. The molecule has 7 heteroatoms. The third-order valence-corrected chi connectivity index (χ3v) is 5.88. The van der Waals surface area contributed by atoms with E-state index in [1.54, 1.807) is 31.3 Å². The molecule has 3 rings (SSSR count). The molecule has 3 aromatic rings. The minimum Gasteiger partial charge on any atom is -0.497 e. The number of aromatic nitrogens is 1. The number of hydrogen-bond acceptors (Lipinski definition) is 6. The maximum Gasteiger partial charge on any atom is 0.254 e. The summed E-state index contributed by atoms with van der Waals surface area (Å²) >= 11 is 1.54. The predicted molar refractivity (Wildman–Crippen MR) is 127 cm³/mol. The summed E-state index contributed by atoms with van der Waals surface area (Å²) in [5, 5.41) is 2.85. The molecule has 0 aliphatic heterocycles. The van der Waals surface area contributed by atoms with Gasteiger partial charge in [-0.05, 0) is 35.7 Å². The van der Waals surface area contributed by atoms with Crippen LogP contribution in [0.4, 0.5) is 0 Å². The Morgan fingerprint density at radius 2 is 1.94 bits per heavy atom. The number of benzene rings is 2. The third-order valence-electron chi connectivity index (χ3n) is 5.01. The van der Waals surface area contributed by atoms with Gasteiger partial charge in [-0.1, -0.05) is 38.1 Å². The Morgan fingerprint density at radius 1 is 1.12 bits per heavy atom. The largest absolute Gasteiger partial charge is 0.497 e. The van der Waals surface area contributed by atoms with Crippen LogP contribution in [0.25, 0.3) is 0 Å². The highest BCUT2D eigenvalue weighted by atomic mass is 32.1. The van der Waals surface area contributed by atoms with Gasteiger partial charge < -0.3 is 19.1 Å². The molecule has 0 unspecified atom stereocenters. The fourth-order valence-electron chi connectivity index (χ4n) is 3.30. The van der Waals surface area contributed by atoms with Crippen LogP contribution in [0, 0.1) is 0 Å². The highest BCUT2D eigenvalue weighted by Gasteiger charge is 2.18. The number of amides is 1. The van der Waals surface area contributed by atoms with Crippen molar-refractivity contribution in [2.75, 3.05) is 27.4 Å². The Bertz CT molecular complexity index is 1020. The molecular weight excluding hydrogens is 424 g/mol. The average molecular weight is 455 g/mol. The molecule has 0 fully saturated rings. The van der Waals surface area contributed by atoms with Crippen LogP contribution in [0.2, 0.25) is 0 Å². The number of nitrogens with zero attached hydrogens (tertiary/aromatic N) is 2. The zero-order chi connectivity index (χ0) is 22.9. The summed E-state index contributed by atoms with van der Waals surface area (Å²) in [6.45, 7) is 6.02. The van der Waals surface area contributed by atoms with Crippen LogP contribution in [0.15, 0.2) is 53.9 Å². The quantitative estimate of drug-likeness (QED) is 0.401. The maximum absolute atomic E-state index is 13.1. The first-order valence-corrected chi connectivity index (χ1v) is 11.5. The standard InChI is InChI=1S/C25H30N2O4S/c1-18(2)22-10-5-6-11-23(22)31-16-24-26-20(17-32-24)15-27(12-13-29-3)25(28)19-8-7-9-21(14-19)30-4/h5-11,14,17-18H,12-13,15-16H2,1-4H3. The summed E-state index contributed by atoms with van der Waals surface area (Å²) in [6, 6.07) is 15.2. The van der Waals surface area contributed by atoms with Crippen molar-refractivity contribution in [3.05, 3.63) is 75.7 Å². The summed E-state index contributed by atoms with van der Waals surface area (Å²) < 4.78 is 16.5. The van der Waals surface area contributed by atoms with Gasteiger partial charge in [0.1, 0.15) is 23.1 Å². The molecule has 1 aromatic heterocycles. The summed E-state index contributed by atoms with van der Waals surface area (Å²) in [5.41, 5.74) is 2.58. The van der Waals surface area contributed by atoms with Crippen LogP contribution < -0.4 is 9.47 Å². The predicted octanol–water partition coefficient (Wildman–Crippen LogP) is 5.14. The van der Waals surface area contributed by atoms with Crippen LogP contribution in [-0.4, -0.2) is 43.2 Å². The summed E-state index contributed by atoms with van der Waals surface area (Å²) in [4.78, 5) is 19.5. The van der Waals surface area contributed by atoms with Crippen molar-refractivity contribution in [1.29, 1.82) is 0 Å². The maximum atomic E-state index is 13.1. The zero-order valence-corrected chi connectivity index (χ0v) is 19.9. The van der Waals surface area contributed by atoms with Gasteiger partial charge in [0.05, 0.1) is 26.0 Å². The van der Waals surface area contributed by atoms with Crippen molar-refractivity contribution < 1.29 is 19.0 Å². The van der Waals surface area contributed by atoms with Gasteiger partial charge in [0, 0.05) is 24.6 Å². The number of ether oxygens (including phenoxy) is 3. The van der Waals surface area contributed by atoms with Gasteiger partial charge in [0.15, 0.2) is 0 Å². The SMILES string of the molecule is COCCN(Cc1csc(COc2ccccc2C(C)C)n1)C(=O)c1cccc(OC)c1. The molecule has 0 aliphatic carbocycles. The van der Waals surface area contributed by atoms with Crippen LogP contribution in [0.1, 0.15) is 46.4 Å². The molecule has 0 spiro atoms. The molecule has 0 bridgehead atoms. The van der Waals surface area contributed by atoms with E-state index in [0.717, 1.165) is 16.5 Å². The lowest BCUT2D eigenvalue weighted by Gasteiger charge is -2.22. The lowest BCUT2D eigenvalue weighted by Crippen LogP contribution is -2.33. The summed E-state index contributed by atoms with van der Waals surface area (Å²) in [6.07, 6.45) is 0. The number of carbonyl (C=O) groups is 1. The van der Waals surface area contributed by atoms with E-state index >= 15 is 0 Å². The fraction of sp³-hybridized carbons (Fsp3) is 0.360. The van der Waals surface area contributed by atoms with Crippen molar-refractivity contribution in [3.8, 4) is 11.5 Å². The molecular formula is C25H30N2O4S. The molecule has 32 heavy (non-hydrogen) atoms. The Hall–Kier alpha value is -2.90. The Morgan fingerprint density at radius 3 is 2.69 bits per heavy atom. The summed E-state index contributed by atoms with van der Waals surface area (Å²) in [7, 11) is 3.21. The lowest BCUT2D eigenvalue weighted by atomic mass is 10.0. The first kappa shape index (κ1) is 23.8. The number of thiazole rings is 1. The second-order valence-corrected chi connectivity index (χ2v) is 8.61. The van der Waals surface area contributed by atoms with Gasteiger partial charge in [-0.2, -0.15) is 0 Å². The van der Waals surface area contributed by atoms with E-state index in [0.29, 0.717) is 43.5 Å².